The molecule has 0 spiro atoms. The van der Waals surface area contributed by atoms with Crippen molar-refractivity contribution in [2.24, 2.45) is 0 Å². The number of ether oxygens (including phenoxy) is 1. The zero-order valence-electron chi connectivity index (χ0n) is 13.6. The molecule has 0 bridgehead atoms. The van der Waals surface area contributed by atoms with E-state index in [0.29, 0.717) is 11.8 Å². The summed E-state index contributed by atoms with van der Waals surface area (Å²) in [4.78, 5) is 11.3. The first kappa shape index (κ1) is 18.7. The summed E-state index contributed by atoms with van der Waals surface area (Å²) in [6, 6.07) is 7.63. The van der Waals surface area contributed by atoms with Gasteiger partial charge in [0.15, 0.2) is 0 Å². The molecule has 3 rings (SSSR count). The molecule has 2 aromatic rings. The SMILES string of the molecule is C[C@H](O)[C@@H](O)COc1nc(N2CCNCC2)nc2ccccc12.Cl. The molecule has 8 heteroatoms. The van der Waals surface area contributed by atoms with Crippen LogP contribution in [-0.4, -0.2) is 65.2 Å². The van der Waals surface area contributed by atoms with E-state index in [0.717, 1.165) is 37.1 Å². The van der Waals surface area contributed by atoms with Crippen molar-refractivity contribution in [1.82, 2.24) is 15.3 Å². The molecule has 0 amide bonds. The summed E-state index contributed by atoms with van der Waals surface area (Å²) in [5.41, 5.74) is 0.803. The Morgan fingerprint density at radius 2 is 1.92 bits per heavy atom. The van der Waals surface area contributed by atoms with Crippen LogP contribution in [0.1, 0.15) is 6.92 Å². The molecule has 1 aliphatic rings. The largest absolute Gasteiger partial charge is 0.474 e. The fraction of sp³-hybridized carbons (Fsp3) is 0.500. The van der Waals surface area contributed by atoms with Crippen LogP contribution in [0.15, 0.2) is 24.3 Å². The number of aromatic nitrogens is 2. The molecule has 1 aliphatic heterocycles. The van der Waals surface area contributed by atoms with Gasteiger partial charge in [0.05, 0.1) is 17.0 Å². The van der Waals surface area contributed by atoms with Crippen LogP contribution in [0.5, 0.6) is 5.88 Å². The van der Waals surface area contributed by atoms with Crippen LogP contribution in [-0.2, 0) is 0 Å². The molecule has 0 aliphatic carbocycles. The highest BCUT2D eigenvalue weighted by Crippen LogP contribution is 2.25. The van der Waals surface area contributed by atoms with Crippen LogP contribution in [0.2, 0.25) is 0 Å². The maximum Gasteiger partial charge on any atom is 0.229 e. The minimum atomic E-state index is -0.952. The predicted molar refractivity (Wildman–Crippen MR) is 95.1 cm³/mol. The third kappa shape index (κ3) is 4.24. The number of piperazine rings is 1. The number of aliphatic hydroxyl groups excluding tert-OH is 2. The Labute approximate surface area is 147 Å². The number of anilines is 1. The molecule has 0 radical (unpaired) electrons. The van der Waals surface area contributed by atoms with Crippen molar-refractivity contribution in [3.63, 3.8) is 0 Å². The molecular weight excluding hydrogens is 332 g/mol. The van der Waals surface area contributed by atoms with E-state index in [1.807, 2.05) is 24.3 Å². The standard InChI is InChI=1S/C16H22N4O3.ClH/c1-11(21)14(22)10-23-15-12-4-2-3-5-13(12)18-16(19-15)20-8-6-17-7-9-20;/h2-5,11,14,17,21-22H,6-10H2,1H3;1H/t11-,14-;/m0./s1. The van der Waals surface area contributed by atoms with Gasteiger partial charge in [-0.25, -0.2) is 4.98 Å². The van der Waals surface area contributed by atoms with E-state index in [9.17, 15) is 10.2 Å². The van der Waals surface area contributed by atoms with E-state index in [1.54, 1.807) is 0 Å². The average molecular weight is 355 g/mol. The maximum absolute atomic E-state index is 9.74. The first-order valence-electron chi connectivity index (χ1n) is 7.86. The minimum absolute atomic E-state index is 0. The lowest BCUT2D eigenvalue weighted by Gasteiger charge is -2.27. The highest BCUT2D eigenvalue weighted by molar-refractivity contribution is 5.85. The summed E-state index contributed by atoms with van der Waals surface area (Å²) in [6.07, 6.45) is -1.80. The molecule has 2 atom stereocenters. The van der Waals surface area contributed by atoms with E-state index in [2.05, 4.69) is 20.2 Å². The molecule has 0 saturated carbocycles. The van der Waals surface area contributed by atoms with Gasteiger partial charge in [-0.2, -0.15) is 4.98 Å². The second-order valence-electron chi connectivity index (χ2n) is 5.70. The zero-order chi connectivity index (χ0) is 16.2. The third-order valence-electron chi connectivity index (χ3n) is 3.90. The summed E-state index contributed by atoms with van der Waals surface area (Å²) in [5, 5.41) is 23.2. The Hall–Kier alpha value is -1.67. The lowest BCUT2D eigenvalue weighted by molar-refractivity contribution is 0.00167. The van der Waals surface area contributed by atoms with E-state index in [4.69, 9.17) is 4.74 Å². The monoisotopic (exact) mass is 354 g/mol. The first-order chi connectivity index (χ1) is 11.1. The van der Waals surface area contributed by atoms with Crippen LogP contribution >= 0.6 is 12.4 Å². The van der Waals surface area contributed by atoms with Gasteiger partial charge in [-0.05, 0) is 19.1 Å². The maximum atomic E-state index is 9.74. The third-order valence-corrected chi connectivity index (χ3v) is 3.90. The van der Waals surface area contributed by atoms with Crippen molar-refractivity contribution < 1.29 is 14.9 Å². The van der Waals surface area contributed by atoms with Gasteiger partial charge in [-0.3, -0.25) is 0 Å². The van der Waals surface area contributed by atoms with Crippen molar-refractivity contribution in [3.8, 4) is 5.88 Å². The minimum Gasteiger partial charge on any atom is -0.474 e. The van der Waals surface area contributed by atoms with Gasteiger partial charge in [0.2, 0.25) is 11.8 Å². The van der Waals surface area contributed by atoms with Crippen molar-refractivity contribution in [1.29, 1.82) is 0 Å². The fourth-order valence-corrected chi connectivity index (χ4v) is 2.46. The van der Waals surface area contributed by atoms with E-state index in [1.165, 1.54) is 6.92 Å². The Bertz CT molecular complexity index is 665. The van der Waals surface area contributed by atoms with Gasteiger partial charge >= 0.3 is 0 Å². The highest BCUT2D eigenvalue weighted by atomic mass is 35.5. The summed E-state index contributed by atoms with van der Waals surface area (Å²) >= 11 is 0. The van der Waals surface area contributed by atoms with Crippen molar-refractivity contribution >= 4 is 29.3 Å². The Kier molecular flexibility index (Phi) is 6.56. The van der Waals surface area contributed by atoms with E-state index < -0.39 is 12.2 Å². The molecule has 24 heavy (non-hydrogen) atoms. The summed E-state index contributed by atoms with van der Waals surface area (Å²) in [7, 11) is 0. The summed E-state index contributed by atoms with van der Waals surface area (Å²) in [6.45, 7) is 4.99. The van der Waals surface area contributed by atoms with Crippen molar-refractivity contribution in [2.45, 2.75) is 19.1 Å². The molecule has 132 valence electrons. The van der Waals surface area contributed by atoms with Crippen molar-refractivity contribution in [3.05, 3.63) is 24.3 Å². The Morgan fingerprint density at radius 1 is 1.21 bits per heavy atom. The number of aliphatic hydroxyl groups is 2. The number of hydrogen-bond acceptors (Lipinski definition) is 7. The molecule has 7 nitrogen and oxygen atoms in total. The lowest BCUT2D eigenvalue weighted by atomic mass is 10.2. The Balaban J connectivity index is 0.00000208. The number of nitrogens with one attached hydrogen (secondary N) is 1. The van der Waals surface area contributed by atoms with E-state index >= 15 is 0 Å². The van der Waals surface area contributed by atoms with Gasteiger partial charge < -0.3 is 25.2 Å². The number of benzene rings is 1. The van der Waals surface area contributed by atoms with Gasteiger partial charge in [0, 0.05) is 26.2 Å². The van der Waals surface area contributed by atoms with Gasteiger partial charge in [-0.15, -0.1) is 12.4 Å². The molecular formula is C16H23ClN4O3. The zero-order valence-corrected chi connectivity index (χ0v) is 14.4. The van der Waals surface area contributed by atoms with Gasteiger partial charge in [0.25, 0.3) is 0 Å². The lowest BCUT2D eigenvalue weighted by Crippen LogP contribution is -2.44. The highest BCUT2D eigenvalue weighted by Gasteiger charge is 2.18. The van der Waals surface area contributed by atoms with Crippen LogP contribution in [0.25, 0.3) is 10.9 Å². The number of hydrogen-bond donors (Lipinski definition) is 3. The smallest absolute Gasteiger partial charge is 0.229 e. The summed E-state index contributed by atoms with van der Waals surface area (Å²) < 4.78 is 5.67. The summed E-state index contributed by atoms with van der Waals surface area (Å²) in [5.74, 6) is 1.07. The van der Waals surface area contributed by atoms with Gasteiger partial charge in [-0.1, -0.05) is 12.1 Å². The predicted octanol–water partition coefficient (Wildman–Crippen LogP) is 0.582. The quantitative estimate of drug-likeness (QED) is 0.723. The van der Waals surface area contributed by atoms with Crippen LogP contribution in [0.3, 0.4) is 0 Å². The second-order valence-corrected chi connectivity index (χ2v) is 5.70. The molecule has 1 saturated heterocycles. The number of halogens is 1. The number of nitrogens with zero attached hydrogens (tertiary/aromatic N) is 3. The fourth-order valence-electron chi connectivity index (χ4n) is 2.46. The number of rotatable bonds is 5. The number of para-hydroxylation sites is 1. The molecule has 3 N–H and O–H groups in total. The Morgan fingerprint density at radius 3 is 2.62 bits per heavy atom. The molecule has 0 unspecified atom stereocenters. The molecule has 1 aromatic carbocycles. The van der Waals surface area contributed by atoms with Gasteiger partial charge in [0.1, 0.15) is 12.7 Å². The van der Waals surface area contributed by atoms with Crippen LogP contribution in [0, 0.1) is 0 Å². The molecule has 2 heterocycles. The number of fused-ring (bicyclic) bond motifs is 1. The second kappa shape index (κ2) is 8.43. The van der Waals surface area contributed by atoms with E-state index in [-0.39, 0.29) is 19.0 Å². The molecule has 1 aromatic heterocycles. The normalized spacial score (nSPS) is 17.2. The van der Waals surface area contributed by atoms with Crippen molar-refractivity contribution in [2.75, 3.05) is 37.7 Å². The van der Waals surface area contributed by atoms with Crippen LogP contribution in [0.4, 0.5) is 5.95 Å². The van der Waals surface area contributed by atoms with Crippen LogP contribution < -0.4 is 15.0 Å². The topological polar surface area (TPSA) is 90.7 Å². The average Bonchev–Trinajstić information content (AvgIpc) is 2.59. The first-order valence-corrected chi connectivity index (χ1v) is 7.86. The molecule has 1 fully saturated rings.